The number of carbonyl (C=O) groups excluding carboxylic acids is 1. The van der Waals surface area contributed by atoms with Gasteiger partial charge in [0, 0.05) is 38.7 Å². The number of carbonyl (C=O) groups is 1. The third kappa shape index (κ3) is 4.66. The van der Waals surface area contributed by atoms with Crippen molar-refractivity contribution in [3.63, 3.8) is 0 Å². The molecule has 1 saturated heterocycles. The lowest BCUT2D eigenvalue weighted by Gasteiger charge is -2.30. The van der Waals surface area contributed by atoms with Gasteiger partial charge in [-0.25, -0.2) is 8.42 Å². The molecule has 0 radical (unpaired) electrons. The van der Waals surface area contributed by atoms with Crippen LogP contribution in [0, 0.1) is 5.92 Å². The number of sulfonamides is 1. The van der Waals surface area contributed by atoms with Crippen molar-refractivity contribution in [2.75, 3.05) is 47.6 Å². The summed E-state index contributed by atoms with van der Waals surface area (Å²) in [6.07, 6.45) is 0.983. The molecule has 8 nitrogen and oxygen atoms in total. The Morgan fingerprint density at radius 2 is 1.81 bits per heavy atom. The number of hydrogen-bond acceptors (Lipinski definition) is 6. The molecular weight excluding hydrogens is 360 g/mol. The first-order valence-electron chi connectivity index (χ1n) is 8.43. The van der Waals surface area contributed by atoms with Crippen molar-refractivity contribution in [1.29, 1.82) is 0 Å². The lowest BCUT2D eigenvalue weighted by molar-refractivity contribution is -0.126. The maximum Gasteiger partial charge on any atom is 0.243 e. The third-order valence-electron chi connectivity index (χ3n) is 4.42. The smallest absolute Gasteiger partial charge is 0.243 e. The normalized spacial score (nSPS) is 16.3. The summed E-state index contributed by atoms with van der Waals surface area (Å²) in [5.41, 5.74) is 0. The highest BCUT2D eigenvalue weighted by atomic mass is 32.2. The summed E-state index contributed by atoms with van der Waals surface area (Å²) in [6, 6.07) is 4.53. The molecule has 1 fully saturated rings. The monoisotopic (exact) mass is 386 g/mol. The Balaban J connectivity index is 2.02. The van der Waals surface area contributed by atoms with Crippen LogP contribution in [0.3, 0.4) is 0 Å². The van der Waals surface area contributed by atoms with Crippen LogP contribution in [0.25, 0.3) is 0 Å². The van der Waals surface area contributed by atoms with Crippen LogP contribution in [0.15, 0.2) is 23.1 Å². The van der Waals surface area contributed by atoms with Gasteiger partial charge in [-0.05, 0) is 25.0 Å². The number of hydrogen-bond donors (Lipinski definition) is 1. The highest BCUT2D eigenvalue weighted by molar-refractivity contribution is 7.89. The Morgan fingerprint density at radius 3 is 2.38 bits per heavy atom. The average molecular weight is 386 g/mol. The first-order valence-corrected chi connectivity index (χ1v) is 9.87. The number of piperidine rings is 1. The van der Waals surface area contributed by atoms with Crippen molar-refractivity contribution in [2.24, 2.45) is 5.92 Å². The van der Waals surface area contributed by atoms with Gasteiger partial charge in [-0.15, -0.1) is 0 Å². The van der Waals surface area contributed by atoms with Crippen LogP contribution in [0.5, 0.6) is 11.5 Å². The van der Waals surface area contributed by atoms with E-state index in [1.165, 1.54) is 30.7 Å². The molecule has 1 N–H and O–H groups in total. The molecule has 1 amide bonds. The van der Waals surface area contributed by atoms with E-state index in [0.29, 0.717) is 50.6 Å². The van der Waals surface area contributed by atoms with Gasteiger partial charge in [-0.1, -0.05) is 0 Å². The molecule has 1 aliphatic rings. The summed E-state index contributed by atoms with van der Waals surface area (Å²) in [7, 11) is 0.884. The molecule has 1 aromatic carbocycles. The van der Waals surface area contributed by atoms with Crippen LogP contribution in [0.1, 0.15) is 12.8 Å². The Hall–Kier alpha value is -1.84. The van der Waals surface area contributed by atoms with Crippen LogP contribution < -0.4 is 14.8 Å². The van der Waals surface area contributed by atoms with Gasteiger partial charge in [0.05, 0.1) is 25.7 Å². The summed E-state index contributed by atoms with van der Waals surface area (Å²) in [4.78, 5) is 12.2. The Kier molecular flexibility index (Phi) is 7.24. The van der Waals surface area contributed by atoms with Crippen LogP contribution in [0.4, 0.5) is 0 Å². The minimum Gasteiger partial charge on any atom is -0.493 e. The molecule has 9 heteroatoms. The Labute approximate surface area is 154 Å². The molecule has 0 aromatic heterocycles. The molecule has 26 heavy (non-hydrogen) atoms. The summed E-state index contributed by atoms with van der Waals surface area (Å²) >= 11 is 0. The number of nitrogens with zero attached hydrogens (tertiary/aromatic N) is 1. The average Bonchev–Trinajstić information content (AvgIpc) is 2.67. The van der Waals surface area contributed by atoms with Crippen LogP contribution in [-0.4, -0.2) is 66.2 Å². The molecule has 1 aromatic rings. The van der Waals surface area contributed by atoms with Crippen LogP contribution >= 0.6 is 0 Å². The molecule has 0 aliphatic carbocycles. The van der Waals surface area contributed by atoms with Crippen molar-refractivity contribution < 1.29 is 27.4 Å². The zero-order chi connectivity index (χ0) is 19.2. The highest BCUT2D eigenvalue weighted by Crippen LogP contribution is 2.31. The van der Waals surface area contributed by atoms with Crippen LogP contribution in [0.2, 0.25) is 0 Å². The van der Waals surface area contributed by atoms with E-state index in [1.54, 1.807) is 13.2 Å². The lowest BCUT2D eigenvalue weighted by Crippen LogP contribution is -2.43. The SMILES string of the molecule is COCCNC(=O)C1CCN(S(=O)(=O)c2ccc(OC)c(OC)c2)CC1. The number of rotatable bonds is 8. The molecule has 146 valence electrons. The fourth-order valence-corrected chi connectivity index (χ4v) is 4.39. The minimum absolute atomic E-state index is 0.0507. The van der Waals surface area contributed by atoms with E-state index in [0.717, 1.165) is 0 Å². The highest BCUT2D eigenvalue weighted by Gasteiger charge is 2.32. The summed E-state index contributed by atoms with van der Waals surface area (Å²) in [5.74, 6) is 0.604. The summed E-state index contributed by atoms with van der Waals surface area (Å²) < 4.78 is 42.4. The Morgan fingerprint density at radius 1 is 1.15 bits per heavy atom. The van der Waals surface area contributed by atoms with Crippen molar-refractivity contribution in [2.45, 2.75) is 17.7 Å². The van der Waals surface area contributed by atoms with Crippen molar-refractivity contribution in [3.8, 4) is 11.5 Å². The van der Waals surface area contributed by atoms with Gasteiger partial charge in [0.15, 0.2) is 11.5 Å². The maximum atomic E-state index is 12.9. The molecule has 0 atom stereocenters. The number of ether oxygens (including phenoxy) is 3. The van der Waals surface area contributed by atoms with Gasteiger partial charge in [0.1, 0.15) is 0 Å². The lowest BCUT2D eigenvalue weighted by atomic mass is 9.97. The van der Waals surface area contributed by atoms with Crippen molar-refractivity contribution >= 4 is 15.9 Å². The zero-order valence-electron chi connectivity index (χ0n) is 15.4. The van der Waals surface area contributed by atoms with E-state index in [4.69, 9.17) is 14.2 Å². The van der Waals surface area contributed by atoms with E-state index in [1.807, 2.05) is 0 Å². The third-order valence-corrected chi connectivity index (χ3v) is 6.32. The summed E-state index contributed by atoms with van der Waals surface area (Å²) in [6.45, 7) is 1.52. The predicted molar refractivity (Wildman–Crippen MR) is 95.9 cm³/mol. The molecule has 0 bridgehead atoms. The first kappa shape index (κ1) is 20.5. The topological polar surface area (TPSA) is 94.2 Å². The standard InChI is InChI=1S/C17H26N2O6S/c1-23-11-8-18-17(20)13-6-9-19(10-7-13)26(21,22)14-4-5-15(24-2)16(12-14)25-3/h4-5,12-13H,6-11H2,1-3H3,(H,18,20). The van der Waals surface area contributed by atoms with Crippen molar-refractivity contribution in [3.05, 3.63) is 18.2 Å². The second-order valence-electron chi connectivity index (χ2n) is 5.98. The largest absolute Gasteiger partial charge is 0.493 e. The molecule has 2 rings (SSSR count). The number of benzene rings is 1. The Bertz CT molecular complexity index is 714. The second-order valence-corrected chi connectivity index (χ2v) is 7.92. The van der Waals surface area contributed by atoms with Gasteiger partial charge in [-0.2, -0.15) is 4.31 Å². The van der Waals surface area contributed by atoms with E-state index in [2.05, 4.69) is 5.32 Å². The number of nitrogens with one attached hydrogen (secondary N) is 1. The molecule has 1 aliphatic heterocycles. The molecule has 1 heterocycles. The van der Waals surface area contributed by atoms with Gasteiger partial charge in [-0.3, -0.25) is 4.79 Å². The molecular formula is C17H26N2O6S. The second kappa shape index (κ2) is 9.20. The number of amides is 1. The predicted octanol–water partition coefficient (Wildman–Crippen LogP) is 0.867. The maximum absolute atomic E-state index is 12.9. The van der Waals surface area contributed by atoms with E-state index in [-0.39, 0.29) is 16.7 Å². The van der Waals surface area contributed by atoms with Gasteiger partial charge >= 0.3 is 0 Å². The molecule has 0 spiro atoms. The van der Waals surface area contributed by atoms with Gasteiger partial charge < -0.3 is 19.5 Å². The quantitative estimate of drug-likeness (QED) is 0.666. The van der Waals surface area contributed by atoms with Gasteiger partial charge in [0.2, 0.25) is 15.9 Å². The van der Waals surface area contributed by atoms with Gasteiger partial charge in [0.25, 0.3) is 0 Å². The first-order chi connectivity index (χ1) is 12.4. The minimum atomic E-state index is -3.64. The molecule has 0 saturated carbocycles. The van der Waals surface area contributed by atoms with Crippen molar-refractivity contribution in [1.82, 2.24) is 9.62 Å². The fraction of sp³-hybridized carbons (Fsp3) is 0.588. The van der Waals surface area contributed by atoms with E-state index >= 15 is 0 Å². The zero-order valence-corrected chi connectivity index (χ0v) is 16.2. The molecule has 0 unspecified atom stereocenters. The number of methoxy groups -OCH3 is 3. The van der Waals surface area contributed by atoms with E-state index in [9.17, 15) is 13.2 Å². The van der Waals surface area contributed by atoms with Crippen LogP contribution in [-0.2, 0) is 19.6 Å². The summed E-state index contributed by atoms with van der Waals surface area (Å²) in [5, 5.41) is 2.80. The van der Waals surface area contributed by atoms with E-state index < -0.39 is 10.0 Å². The fourth-order valence-electron chi connectivity index (χ4n) is 2.91.